The lowest BCUT2D eigenvalue weighted by atomic mass is 9.62. The number of benzene rings is 2. The van der Waals surface area contributed by atoms with Gasteiger partial charge in [0.25, 0.3) is 0 Å². The monoisotopic (exact) mass is 659 g/mol. The number of hydrogen-bond donors (Lipinski definition) is 0. The second-order valence-electron chi connectivity index (χ2n) is 14.0. The molecule has 0 N–H and O–H groups in total. The molecular formula is C39H53N3O6. The molecule has 0 atom stereocenters. The SMILES string of the molecule is CCOC(=O)C=C1CCC(c2ccccc2)(N2CCC2)CC1.CCOC(=O)CC1(C[N+](=O)[O-])CCC(c2ccccc2)(N2CCC2)CC1. The number of likely N-dealkylation sites (tertiary alicyclic amines) is 2. The van der Waals surface area contributed by atoms with Crippen molar-refractivity contribution in [3.05, 3.63) is 93.6 Å². The van der Waals surface area contributed by atoms with E-state index in [0.29, 0.717) is 26.1 Å². The number of hydrogen-bond acceptors (Lipinski definition) is 8. The van der Waals surface area contributed by atoms with Crippen molar-refractivity contribution in [2.75, 3.05) is 45.9 Å². The molecule has 0 aromatic heterocycles. The fourth-order valence-electron chi connectivity index (χ4n) is 8.42. The molecule has 2 heterocycles. The van der Waals surface area contributed by atoms with Crippen LogP contribution in [0.1, 0.15) is 95.6 Å². The number of ether oxygens (including phenoxy) is 2. The zero-order valence-electron chi connectivity index (χ0n) is 28.9. The zero-order chi connectivity index (χ0) is 34.0. The van der Waals surface area contributed by atoms with Crippen molar-refractivity contribution in [3.63, 3.8) is 0 Å². The Kier molecular flexibility index (Phi) is 12.1. The highest BCUT2D eigenvalue weighted by atomic mass is 16.6. The minimum absolute atomic E-state index is 0.0474. The van der Waals surface area contributed by atoms with Gasteiger partial charge in [-0.3, -0.25) is 24.7 Å². The minimum atomic E-state index is -0.584. The lowest BCUT2D eigenvalue weighted by Crippen LogP contribution is -2.56. The Morgan fingerprint density at radius 3 is 1.65 bits per heavy atom. The molecule has 2 aromatic carbocycles. The van der Waals surface area contributed by atoms with E-state index in [1.807, 2.05) is 13.0 Å². The lowest BCUT2D eigenvalue weighted by Gasteiger charge is -2.54. The van der Waals surface area contributed by atoms with Gasteiger partial charge < -0.3 is 9.47 Å². The third-order valence-electron chi connectivity index (χ3n) is 11.3. The van der Waals surface area contributed by atoms with Crippen LogP contribution in [0.2, 0.25) is 0 Å². The van der Waals surface area contributed by atoms with Crippen LogP contribution < -0.4 is 0 Å². The Morgan fingerprint density at radius 2 is 1.23 bits per heavy atom. The Bertz CT molecular complexity index is 1390. The van der Waals surface area contributed by atoms with Crippen molar-refractivity contribution in [1.29, 1.82) is 0 Å². The Balaban J connectivity index is 0.000000190. The molecule has 0 unspecified atom stereocenters. The van der Waals surface area contributed by atoms with Gasteiger partial charge in [0.1, 0.15) is 0 Å². The highest BCUT2D eigenvalue weighted by molar-refractivity contribution is 5.82. The Morgan fingerprint density at radius 1 is 0.750 bits per heavy atom. The number of rotatable bonds is 11. The third kappa shape index (κ3) is 8.17. The number of carbonyl (C=O) groups excluding carboxylic acids is 2. The molecule has 2 aliphatic heterocycles. The smallest absolute Gasteiger partial charge is 0.330 e. The molecule has 6 rings (SSSR count). The van der Waals surface area contributed by atoms with Crippen molar-refractivity contribution < 1.29 is 24.0 Å². The van der Waals surface area contributed by atoms with E-state index in [0.717, 1.165) is 51.6 Å². The summed E-state index contributed by atoms with van der Waals surface area (Å²) in [5, 5.41) is 11.3. The first-order valence-corrected chi connectivity index (χ1v) is 18.0. The van der Waals surface area contributed by atoms with Gasteiger partial charge in [0.15, 0.2) is 0 Å². The molecule has 4 aliphatic rings. The van der Waals surface area contributed by atoms with Gasteiger partial charge in [-0.15, -0.1) is 0 Å². The molecule has 0 spiro atoms. The van der Waals surface area contributed by atoms with E-state index in [-0.39, 0.29) is 40.9 Å². The highest BCUT2D eigenvalue weighted by Crippen LogP contribution is 2.52. The minimum Gasteiger partial charge on any atom is -0.466 e. The molecule has 9 heteroatoms. The molecule has 0 radical (unpaired) electrons. The van der Waals surface area contributed by atoms with Crippen molar-refractivity contribution in [3.8, 4) is 0 Å². The van der Waals surface area contributed by atoms with Gasteiger partial charge in [0, 0.05) is 53.7 Å². The van der Waals surface area contributed by atoms with Crippen molar-refractivity contribution in [2.45, 2.75) is 95.6 Å². The summed E-state index contributed by atoms with van der Waals surface area (Å²) in [6.45, 7) is 8.78. The van der Waals surface area contributed by atoms with Gasteiger partial charge >= 0.3 is 11.9 Å². The average molecular weight is 660 g/mol. The van der Waals surface area contributed by atoms with Gasteiger partial charge in [-0.25, -0.2) is 4.79 Å². The molecule has 4 fully saturated rings. The van der Waals surface area contributed by atoms with E-state index in [1.54, 1.807) is 13.0 Å². The van der Waals surface area contributed by atoms with Crippen LogP contribution in [0.4, 0.5) is 0 Å². The summed E-state index contributed by atoms with van der Waals surface area (Å²) in [4.78, 5) is 39.9. The van der Waals surface area contributed by atoms with E-state index in [2.05, 4.69) is 64.4 Å². The first-order valence-electron chi connectivity index (χ1n) is 18.0. The van der Waals surface area contributed by atoms with Crippen molar-refractivity contribution in [2.24, 2.45) is 5.41 Å². The van der Waals surface area contributed by atoms with Crippen molar-refractivity contribution >= 4 is 11.9 Å². The fraction of sp³-hybridized carbons (Fsp3) is 0.590. The average Bonchev–Trinajstić information content (AvgIpc) is 3.03. The van der Waals surface area contributed by atoms with Gasteiger partial charge in [-0.1, -0.05) is 66.2 Å². The van der Waals surface area contributed by atoms with Crippen LogP contribution in [0, 0.1) is 15.5 Å². The zero-order valence-corrected chi connectivity index (χ0v) is 28.9. The largest absolute Gasteiger partial charge is 0.466 e. The van der Waals surface area contributed by atoms with Crippen molar-refractivity contribution in [1.82, 2.24) is 9.80 Å². The predicted octanol–water partition coefficient (Wildman–Crippen LogP) is 7.03. The van der Waals surface area contributed by atoms with Crippen LogP contribution >= 0.6 is 0 Å². The summed E-state index contributed by atoms with van der Waals surface area (Å²) in [6, 6.07) is 21.4. The predicted molar refractivity (Wildman–Crippen MR) is 186 cm³/mol. The summed E-state index contributed by atoms with van der Waals surface area (Å²) in [5.41, 5.74) is 3.51. The summed E-state index contributed by atoms with van der Waals surface area (Å²) >= 11 is 0. The third-order valence-corrected chi connectivity index (χ3v) is 11.3. The van der Waals surface area contributed by atoms with Crippen LogP contribution in [0.5, 0.6) is 0 Å². The molecule has 0 bridgehead atoms. The number of nitro groups is 1. The standard InChI is InChI=1S/C20H28N2O4.C19H25NO2/c1-2-26-18(23)15-19(16-22(24)25)9-11-20(12-10-19,21-13-6-14-21)17-7-4-3-5-8-17;1-2-22-18(21)15-16-9-11-19(12-10-16,20-13-6-14-20)17-7-4-3-5-8-17/h3-5,7-8H,2,6,9-16H2,1H3;3-5,7-8,15H,2,6,9-14H2,1H3. The lowest BCUT2D eigenvalue weighted by molar-refractivity contribution is -0.499. The first kappa shape index (κ1) is 35.7. The highest BCUT2D eigenvalue weighted by Gasteiger charge is 2.51. The summed E-state index contributed by atoms with van der Waals surface area (Å²) < 4.78 is 10.1. The van der Waals surface area contributed by atoms with E-state index < -0.39 is 5.41 Å². The number of nitrogens with zero attached hydrogens (tertiary/aromatic N) is 3. The molecule has 0 amide bonds. The van der Waals surface area contributed by atoms with E-state index in [4.69, 9.17) is 9.47 Å². The molecule has 2 aliphatic carbocycles. The van der Waals surface area contributed by atoms with Gasteiger partial charge in [-0.05, 0) is 89.2 Å². The molecule has 48 heavy (non-hydrogen) atoms. The normalized spacial score (nSPS) is 27.3. The molecule has 2 aromatic rings. The van der Waals surface area contributed by atoms with E-state index >= 15 is 0 Å². The number of carbonyl (C=O) groups is 2. The fourth-order valence-corrected chi connectivity index (χ4v) is 8.42. The maximum atomic E-state index is 12.1. The maximum absolute atomic E-state index is 12.1. The van der Waals surface area contributed by atoms with Crippen LogP contribution in [0.3, 0.4) is 0 Å². The molecule has 2 saturated carbocycles. The molecule has 2 saturated heterocycles. The number of esters is 2. The second-order valence-corrected chi connectivity index (χ2v) is 14.0. The van der Waals surface area contributed by atoms with Crippen LogP contribution in [0.15, 0.2) is 72.3 Å². The quantitative estimate of drug-likeness (QED) is 0.110. The summed E-state index contributed by atoms with van der Waals surface area (Å²) in [5.74, 6) is -0.501. The first-order chi connectivity index (χ1) is 23.2. The Hall–Kier alpha value is -3.56. The van der Waals surface area contributed by atoms with E-state index in [9.17, 15) is 19.7 Å². The molecule has 9 nitrogen and oxygen atoms in total. The molecular weight excluding hydrogens is 606 g/mol. The van der Waals surface area contributed by atoms with Crippen LogP contribution in [-0.4, -0.2) is 72.6 Å². The van der Waals surface area contributed by atoms with Crippen LogP contribution in [0.25, 0.3) is 0 Å². The summed E-state index contributed by atoms with van der Waals surface area (Å²) in [7, 11) is 0. The Labute approximate surface area is 285 Å². The van der Waals surface area contributed by atoms with Crippen LogP contribution in [-0.2, 0) is 30.1 Å². The second kappa shape index (κ2) is 16.2. The summed E-state index contributed by atoms with van der Waals surface area (Å²) in [6.07, 6.45) is 11.6. The van der Waals surface area contributed by atoms with Gasteiger partial charge in [0.2, 0.25) is 6.54 Å². The van der Waals surface area contributed by atoms with E-state index in [1.165, 1.54) is 42.6 Å². The topological polar surface area (TPSA) is 102 Å². The maximum Gasteiger partial charge on any atom is 0.330 e. The van der Waals surface area contributed by atoms with Gasteiger partial charge in [0.05, 0.1) is 19.6 Å². The number of allylic oxidation sites excluding steroid dienone is 1. The van der Waals surface area contributed by atoms with Gasteiger partial charge in [-0.2, -0.15) is 0 Å². The molecule has 260 valence electrons.